The molecule has 1 N–H and O–H groups in total. The minimum absolute atomic E-state index is 0.830. The molecule has 1 nitrogen and oxygen atoms in total. The maximum Gasteiger partial charge on any atom is 0.0342 e. The molecule has 0 rings (SSSR count). The van der Waals surface area contributed by atoms with Gasteiger partial charge < -0.3 is 5.41 Å². The Morgan fingerprint density at radius 3 is 2.09 bits per heavy atom. The molecule has 64 valence electrons. The van der Waals surface area contributed by atoms with Crippen LogP contribution >= 0.6 is 0 Å². The van der Waals surface area contributed by atoms with Crippen LogP contribution in [0.15, 0.2) is 11.6 Å². The molecule has 0 atom stereocenters. The topological polar surface area (TPSA) is 23.9 Å². The Morgan fingerprint density at radius 2 is 1.73 bits per heavy atom. The minimum atomic E-state index is 0.830. The fourth-order valence-electron chi connectivity index (χ4n) is 1.15. The Morgan fingerprint density at radius 1 is 1.18 bits per heavy atom. The highest BCUT2D eigenvalue weighted by Crippen LogP contribution is 2.09. The molecule has 0 aliphatic carbocycles. The lowest BCUT2D eigenvalue weighted by molar-refractivity contribution is 0.908. The van der Waals surface area contributed by atoms with E-state index in [0.29, 0.717) is 0 Å². The standard InChI is InChI=1S/C10H19N/c1-4-7-9(6-3)10(11)8-5-2/h6,11H,4-5,7-8H2,1-3H3/b9-6-,11-10?. The van der Waals surface area contributed by atoms with Gasteiger partial charge in [0.05, 0.1) is 0 Å². The lowest BCUT2D eigenvalue weighted by atomic mass is 10.0. The number of hydrogen-bond donors (Lipinski definition) is 1. The number of hydrogen-bond acceptors (Lipinski definition) is 1. The average molecular weight is 153 g/mol. The van der Waals surface area contributed by atoms with Crippen molar-refractivity contribution in [1.82, 2.24) is 0 Å². The molecule has 0 amide bonds. The third-order valence-corrected chi connectivity index (χ3v) is 1.76. The van der Waals surface area contributed by atoms with E-state index in [2.05, 4.69) is 19.9 Å². The molecule has 0 aliphatic heterocycles. The van der Waals surface area contributed by atoms with Crippen molar-refractivity contribution in [2.75, 3.05) is 0 Å². The van der Waals surface area contributed by atoms with Gasteiger partial charge in [-0.3, -0.25) is 0 Å². The second kappa shape index (κ2) is 6.14. The highest BCUT2D eigenvalue weighted by atomic mass is 14.4. The summed E-state index contributed by atoms with van der Waals surface area (Å²) < 4.78 is 0. The van der Waals surface area contributed by atoms with Crippen molar-refractivity contribution in [2.45, 2.75) is 46.5 Å². The van der Waals surface area contributed by atoms with Gasteiger partial charge in [-0.05, 0) is 25.3 Å². The molecule has 0 aliphatic rings. The van der Waals surface area contributed by atoms with Gasteiger partial charge in [-0.1, -0.05) is 32.8 Å². The van der Waals surface area contributed by atoms with Gasteiger partial charge in [-0.2, -0.15) is 0 Å². The van der Waals surface area contributed by atoms with Gasteiger partial charge in [0.15, 0.2) is 0 Å². The second-order valence-electron chi connectivity index (χ2n) is 2.79. The molecule has 0 saturated heterocycles. The van der Waals surface area contributed by atoms with Gasteiger partial charge in [0, 0.05) is 5.71 Å². The average Bonchev–Trinajstić information content (AvgIpc) is 2.00. The third kappa shape index (κ3) is 3.97. The van der Waals surface area contributed by atoms with E-state index in [9.17, 15) is 0 Å². The molecule has 0 spiro atoms. The Labute approximate surface area is 70.0 Å². The molecule has 11 heavy (non-hydrogen) atoms. The summed E-state index contributed by atoms with van der Waals surface area (Å²) in [6, 6.07) is 0. The first-order valence-electron chi connectivity index (χ1n) is 4.49. The Kier molecular flexibility index (Phi) is 5.81. The molecule has 0 aromatic carbocycles. The van der Waals surface area contributed by atoms with Crippen LogP contribution in [0.3, 0.4) is 0 Å². The summed E-state index contributed by atoms with van der Waals surface area (Å²) in [5, 5.41) is 7.68. The normalized spacial score (nSPS) is 11.7. The SMILES string of the molecule is C/C=C(/CCC)C(=N)CCC. The molecular formula is C10H19N. The highest BCUT2D eigenvalue weighted by Gasteiger charge is 2.00. The van der Waals surface area contributed by atoms with Crippen LogP contribution in [-0.4, -0.2) is 5.71 Å². The van der Waals surface area contributed by atoms with Crippen molar-refractivity contribution < 1.29 is 0 Å². The van der Waals surface area contributed by atoms with E-state index in [-0.39, 0.29) is 0 Å². The van der Waals surface area contributed by atoms with Crippen LogP contribution in [0.1, 0.15) is 46.5 Å². The summed E-state index contributed by atoms with van der Waals surface area (Å²) in [6.07, 6.45) is 6.29. The summed E-state index contributed by atoms with van der Waals surface area (Å²) in [6.45, 7) is 6.30. The van der Waals surface area contributed by atoms with E-state index in [1.807, 2.05) is 6.92 Å². The van der Waals surface area contributed by atoms with Crippen molar-refractivity contribution in [3.63, 3.8) is 0 Å². The van der Waals surface area contributed by atoms with Crippen molar-refractivity contribution >= 4 is 5.71 Å². The quantitative estimate of drug-likeness (QED) is 0.584. The molecule has 0 aromatic heterocycles. The summed E-state index contributed by atoms with van der Waals surface area (Å²) in [4.78, 5) is 0. The molecule has 0 bridgehead atoms. The van der Waals surface area contributed by atoms with Crippen molar-refractivity contribution in [3.05, 3.63) is 11.6 Å². The number of allylic oxidation sites excluding steroid dienone is 2. The number of nitrogens with one attached hydrogen (secondary N) is 1. The summed E-state index contributed by atoms with van der Waals surface area (Å²) in [5.41, 5.74) is 2.06. The van der Waals surface area contributed by atoms with E-state index in [1.165, 1.54) is 5.57 Å². The fraction of sp³-hybridized carbons (Fsp3) is 0.700. The Hall–Kier alpha value is -0.590. The highest BCUT2D eigenvalue weighted by molar-refractivity contribution is 5.97. The van der Waals surface area contributed by atoms with E-state index in [4.69, 9.17) is 5.41 Å². The fourth-order valence-corrected chi connectivity index (χ4v) is 1.15. The first-order chi connectivity index (χ1) is 5.26. The van der Waals surface area contributed by atoms with Crippen LogP contribution < -0.4 is 0 Å². The lowest BCUT2D eigenvalue weighted by Gasteiger charge is -2.05. The van der Waals surface area contributed by atoms with Crippen molar-refractivity contribution in [1.29, 1.82) is 5.41 Å². The predicted octanol–water partition coefficient (Wildman–Crippen LogP) is 3.55. The smallest absolute Gasteiger partial charge is 0.0342 e. The molecule has 0 saturated carbocycles. The van der Waals surface area contributed by atoms with Crippen molar-refractivity contribution in [3.8, 4) is 0 Å². The number of rotatable bonds is 5. The van der Waals surface area contributed by atoms with E-state index in [1.54, 1.807) is 0 Å². The maximum atomic E-state index is 7.68. The first kappa shape index (κ1) is 10.4. The van der Waals surface area contributed by atoms with E-state index >= 15 is 0 Å². The zero-order valence-electron chi connectivity index (χ0n) is 7.91. The zero-order valence-corrected chi connectivity index (χ0v) is 7.91. The second-order valence-corrected chi connectivity index (χ2v) is 2.79. The van der Waals surface area contributed by atoms with Gasteiger partial charge >= 0.3 is 0 Å². The molecule has 0 unspecified atom stereocenters. The van der Waals surface area contributed by atoms with Crippen LogP contribution in [0.5, 0.6) is 0 Å². The van der Waals surface area contributed by atoms with Crippen LogP contribution in [-0.2, 0) is 0 Å². The minimum Gasteiger partial charge on any atom is -0.305 e. The van der Waals surface area contributed by atoms with Gasteiger partial charge in [0.2, 0.25) is 0 Å². The maximum absolute atomic E-state index is 7.68. The van der Waals surface area contributed by atoms with Crippen LogP contribution in [0.25, 0.3) is 0 Å². The van der Waals surface area contributed by atoms with Crippen LogP contribution in [0.4, 0.5) is 0 Å². The monoisotopic (exact) mass is 153 g/mol. The molecule has 0 radical (unpaired) electrons. The Balaban J connectivity index is 3.94. The Bertz CT molecular complexity index is 145. The molecule has 0 aromatic rings. The summed E-state index contributed by atoms with van der Waals surface area (Å²) >= 11 is 0. The summed E-state index contributed by atoms with van der Waals surface area (Å²) in [5.74, 6) is 0. The van der Waals surface area contributed by atoms with Crippen molar-refractivity contribution in [2.24, 2.45) is 0 Å². The first-order valence-corrected chi connectivity index (χ1v) is 4.49. The van der Waals surface area contributed by atoms with Gasteiger partial charge in [-0.25, -0.2) is 0 Å². The molecule has 0 fully saturated rings. The summed E-state index contributed by atoms with van der Waals surface area (Å²) in [7, 11) is 0. The van der Waals surface area contributed by atoms with E-state index < -0.39 is 0 Å². The zero-order chi connectivity index (χ0) is 8.69. The molecule has 0 heterocycles. The lowest BCUT2D eigenvalue weighted by Crippen LogP contribution is -2.00. The van der Waals surface area contributed by atoms with Gasteiger partial charge in [0.25, 0.3) is 0 Å². The largest absolute Gasteiger partial charge is 0.305 e. The van der Waals surface area contributed by atoms with Gasteiger partial charge in [0.1, 0.15) is 0 Å². The van der Waals surface area contributed by atoms with E-state index in [0.717, 1.165) is 31.4 Å². The van der Waals surface area contributed by atoms with Crippen LogP contribution in [0, 0.1) is 5.41 Å². The molecular weight excluding hydrogens is 134 g/mol. The predicted molar refractivity (Wildman–Crippen MR) is 51.3 cm³/mol. The molecule has 1 heteroatoms. The third-order valence-electron chi connectivity index (χ3n) is 1.76. The van der Waals surface area contributed by atoms with Gasteiger partial charge in [-0.15, -0.1) is 0 Å². The van der Waals surface area contributed by atoms with Crippen LogP contribution in [0.2, 0.25) is 0 Å².